The van der Waals surface area contributed by atoms with E-state index in [1.165, 1.54) is 12.1 Å². The summed E-state index contributed by atoms with van der Waals surface area (Å²) in [6.45, 7) is 2.81. The summed E-state index contributed by atoms with van der Waals surface area (Å²) in [5.74, 6) is 3.32. The van der Waals surface area contributed by atoms with Crippen LogP contribution in [0.3, 0.4) is 0 Å². The molecule has 1 heterocycles. The summed E-state index contributed by atoms with van der Waals surface area (Å²) in [5, 5.41) is 0. The molecule has 0 aliphatic rings. The molecular formula is C14H17FN2OS. The van der Waals surface area contributed by atoms with Crippen molar-refractivity contribution in [1.82, 2.24) is 4.98 Å². The van der Waals surface area contributed by atoms with Crippen LogP contribution in [-0.2, 0) is 5.75 Å². The molecule has 102 valence electrons. The van der Waals surface area contributed by atoms with Gasteiger partial charge in [0, 0.05) is 5.56 Å². The maximum atomic E-state index is 12.8. The van der Waals surface area contributed by atoms with Gasteiger partial charge in [-0.25, -0.2) is 9.37 Å². The highest BCUT2D eigenvalue weighted by molar-refractivity contribution is 7.98. The van der Waals surface area contributed by atoms with Crippen LogP contribution in [0.5, 0.6) is 0 Å². The van der Waals surface area contributed by atoms with Gasteiger partial charge in [0.25, 0.3) is 0 Å². The number of rotatable bonds is 6. The molecule has 2 rings (SSSR count). The Bertz CT molecular complexity index is 512. The molecular weight excluding hydrogens is 263 g/mol. The molecule has 0 aliphatic carbocycles. The van der Waals surface area contributed by atoms with Crippen LogP contribution < -0.4 is 5.73 Å². The van der Waals surface area contributed by atoms with E-state index in [0.29, 0.717) is 24.1 Å². The number of hydrogen-bond donors (Lipinski definition) is 1. The molecule has 2 N–H and O–H groups in total. The predicted octanol–water partition coefficient (Wildman–Crippen LogP) is 3.31. The van der Waals surface area contributed by atoms with E-state index in [-0.39, 0.29) is 5.82 Å². The van der Waals surface area contributed by atoms with Crippen molar-refractivity contribution in [3.8, 4) is 11.3 Å². The van der Waals surface area contributed by atoms with Crippen molar-refractivity contribution in [1.29, 1.82) is 0 Å². The number of nitrogens with zero attached hydrogens (tertiary/aromatic N) is 1. The lowest BCUT2D eigenvalue weighted by Crippen LogP contribution is -2.12. The van der Waals surface area contributed by atoms with Crippen LogP contribution in [0.4, 0.5) is 4.39 Å². The Hall–Kier alpha value is -1.33. The highest BCUT2D eigenvalue weighted by atomic mass is 32.2. The van der Waals surface area contributed by atoms with Crippen molar-refractivity contribution in [2.45, 2.75) is 12.7 Å². The molecule has 0 bridgehead atoms. The molecule has 0 amide bonds. The third-order valence-corrected chi connectivity index (χ3v) is 3.97. The third-order valence-electron chi connectivity index (χ3n) is 2.71. The zero-order valence-electron chi connectivity index (χ0n) is 10.8. The first-order chi connectivity index (χ1) is 9.19. The van der Waals surface area contributed by atoms with Crippen molar-refractivity contribution in [2.75, 3.05) is 12.3 Å². The monoisotopic (exact) mass is 280 g/mol. The van der Waals surface area contributed by atoms with Gasteiger partial charge in [0.1, 0.15) is 5.82 Å². The van der Waals surface area contributed by atoms with E-state index < -0.39 is 0 Å². The van der Waals surface area contributed by atoms with Gasteiger partial charge in [-0.05, 0) is 42.5 Å². The van der Waals surface area contributed by atoms with Crippen LogP contribution in [-0.4, -0.2) is 17.3 Å². The molecule has 19 heavy (non-hydrogen) atoms. The van der Waals surface area contributed by atoms with Crippen molar-refractivity contribution >= 4 is 11.8 Å². The second kappa shape index (κ2) is 6.73. The Labute approximate surface area is 116 Å². The van der Waals surface area contributed by atoms with E-state index in [1.807, 2.05) is 0 Å². The number of hydrogen-bond acceptors (Lipinski definition) is 4. The summed E-state index contributed by atoms with van der Waals surface area (Å²) in [7, 11) is 0. The van der Waals surface area contributed by atoms with E-state index in [9.17, 15) is 4.39 Å². The maximum Gasteiger partial charge on any atom is 0.204 e. The first kappa shape index (κ1) is 14.1. The van der Waals surface area contributed by atoms with Gasteiger partial charge in [-0.15, -0.1) is 0 Å². The first-order valence-electron chi connectivity index (χ1n) is 6.17. The fourth-order valence-electron chi connectivity index (χ4n) is 1.54. The molecule has 1 atom stereocenters. The summed E-state index contributed by atoms with van der Waals surface area (Å²) in [5.41, 5.74) is 6.39. The van der Waals surface area contributed by atoms with E-state index in [1.54, 1.807) is 30.1 Å². The van der Waals surface area contributed by atoms with Gasteiger partial charge in [0.05, 0.1) is 11.9 Å². The summed E-state index contributed by atoms with van der Waals surface area (Å²) in [6, 6.07) is 6.19. The highest BCUT2D eigenvalue weighted by Gasteiger charge is 2.07. The van der Waals surface area contributed by atoms with Crippen molar-refractivity contribution in [3.05, 3.63) is 42.2 Å². The summed E-state index contributed by atoms with van der Waals surface area (Å²) in [4.78, 5) is 4.23. The minimum absolute atomic E-state index is 0.255. The average Bonchev–Trinajstić information content (AvgIpc) is 2.88. The number of aromatic nitrogens is 1. The summed E-state index contributed by atoms with van der Waals surface area (Å²) in [6.07, 6.45) is 1.68. The molecule has 0 aliphatic heterocycles. The standard InChI is InChI=1S/C14H17FN2OS/c1-10(6-16)8-19-9-14-17-7-13(18-14)11-2-4-12(15)5-3-11/h2-5,7,10H,6,8-9,16H2,1H3. The van der Waals surface area contributed by atoms with Crippen molar-refractivity contribution in [2.24, 2.45) is 11.7 Å². The van der Waals surface area contributed by atoms with Crippen LogP contribution in [0.2, 0.25) is 0 Å². The van der Waals surface area contributed by atoms with Gasteiger partial charge in [0.2, 0.25) is 5.89 Å². The Kier molecular flexibility index (Phi) is 4.99. The average molecular weight is 280 g/mol. The van der Waals surface area contributed by atoms with Crippen LogP contribution in [0.1, 0.15) is 12.8 Å². The molecule has 3 nitrogen and oxygen atoms in total. The Morgan fingerprint density at radius 2 is 2.11 bits per heavy atom. The highest BCUT2D eigenvalue weighted by Crippen LogP contribution is 2.23. The number of oxazole rings is 1. The smallest absolute Gasteiger partial charge is 0.204 e. The third kappa shape index (κ3) is 4.08. The quantitative estimate of drug-likeness (QED) is 0.882. The Morgan fingerprint density at radius 1 is 1.37 bits per heavy atom. The largest absolute Gasteiger partial charge is 0.440 e. The van der Waals surface area contributed by atoms with E-state index >= 15 is 0 Å². The van der Waals surface area contributed by atoms with Gasteiger partial charge in [0.15, 0.2) is 5.76 Å². The lowest BCUT2D eigenvalue weighted by Gasteiger charge is -2.05. The molecule has 0 radical (unpaired) electrons. The van der Waals surface area contributed by atoms with Crippen LogP contribution in [0.25, 0.3) is 11.3 Å². The molecule has 0 saturated heterocycles. The second-order valence-electron chi connectivity index (χ2n) is 4.48. The van der Waals surface area contributed by atoms with Crippen molar-refractivity contribution < 1.29 is 8.81 Å². The van der Waals surface area contributed by atoms with Gasteiger partial charge >= 0.3 is 0 Å². The number of halogens is 1. The molecule has 0 fully saturated rings. The Balaban J connectivity index is 1.93. The number of nitrogens with two attached hydrogens (primary N) is 1. The Morgan fingerprint density at radius 3 is 2.79 bits per heavy atom. The van der Waals surface area contributed by atoms with Gasteiger partial charge in [-0.2, -0.15) is 11.8 Å². The van der Waals surface area contributed by atoms with Gasteiger partial charge < -0.3 is 10.2 Å². The first-order valence-corrected chi connectivity index (χ1v) is 7.33. The minimum Gasteiger partial charge on any atom is -0.440 e. The molecule has 1 aromatic heterocycles. The fraction of sp³-hybridized carbons (Fsp3) is 0.357. The normalized spacial score (nSPS) is 12.6. The molecule has 5 heteroatoms. The molecule has 1 aromatic carbocycles. The lowest BCUT2D eigenvalue weighted by molar-refractivity contribution is 0.529. The van der Waals surface area contributed by atoms with Crippen molar-refractivity contribution in [3.63, 3.8) is 0 Å². The maximum absolute atomic E-state index is 12.8. The predicted molar refractivity (Wildman–Crippen MR) is 76.3 cm³/mol. The zero-order valence-corrected chi connectivity index (χ0v) is 11.6. The van der Waals surface area contributed by atoms with E-state index in [0.717, 1.165) is 17.1 Å². The van der Waals surface area contributed by atoms with Gasteiger partial charge in [-0.3, -0.25) is 0 Å². The number of thioether (sulfide) groups is 1. The summed E-state index contributed by atoms with van der Waals surface area (Å²) < 4.78 is 18.5. The van der Waals surface area contributed by atoms with Crippen LogP contribution in [0, 0.1) is 11.7 Å². The van der Waals surface area contributed by atoms with E-state index in [4.69, 9.17) is 10.2 Å². The van der Waals surface area contributed by atoms with Crippen LogP contribution >= 0.6 is 11.8 Å². The second-order valence-corrected chi connectivity index (χ2v) is 5.51. The minimum atomic E-state index is -0.255. The van der Waals surface area contributed by atoms with Crippen LogP contribution in [0.15, 0.2) is 34.9 Å². The molecule has 1 unspecified atom stereocenters. The van der Waals surface area contributed by atoms with E-state index in [2.05, 4.69) is 11.9 Å². The molecule has 0 saturated carbocycles. The SMILES string of the molecule is CC(CN)CSCc1ncc(-c2ccc(F)cc2)o1. The molecule has 0 spiro atoms. The zero-order chi connectivity index (χ0) is 13.7. The van der Waals surface area contributed by atoms with Gasteiger partial charge in [-0.1, -0.05) is 6.92 Å². The fourth-order valence-corrected chi connectivity index (χ4v) is 2.50. The molecule has 2 aromatic rings. The summed E-state index contributed by atoms with van der Waals surface area (Å²) >= 11 is 1.75. The topological polar surface area (TPSA) is 52.0 Å². The number of benzene rings is 1. The lowest BCUT2D eigenvalue weighted by atomic mass is 10.2.